The van der Waals surface area contributed by atoms with Crippen molar-refractivity contribution in [1.29, 1.82) is 0 Å². The minimum absolute atomic E-state index is 0.0249. The van der Waals surface area contributed by atoms with Crippen molar-refractivity contribution in [2.45, 2.75) is 31.9 Å². The van der Waals surface area contributed by atoms with Crippen LogP contribution in [0.2, 0.25) is 0 Å². The van der Waals surface area contributed by atoms with E-state index in [1.54, 1.807) is 18.2 Å². The van der Waals surface area contributed by atoms with Crippen molar-refractivity contribution in [2.75, 3.05) is 11.9 Å². The zero-order valence-electron chi connectivity index (χ0n) is 19.5. The lowest BCUT2D eigenvalue weighted by Crippen LogP contribution is -2.52. The fourth-order valence-electron chi connectivity index (χ4n) is 5.28. The molecule has 0 spiro atoms. The van der Waals surface area contributed by atoms with E-state index in [9.17, 15) is 22.8 Å². The smallest absolute Gasteiger partial charge is 0.272 e. The van der Waals surface area contributed by atoms with E-state index in [1.165, 1.54) is 6.20 Å². The van der Waals surface area contributed by atoms with Crippen molar-refractivity contribution in [2.24, 2.45) is 5.41 Å². The van der Waals surface area contributed by atoms with Gasteiger partial charge in [-0.05, 0) is 35.4 Å². The molecule has 0 bridgehead atoms. The van der Waals surface area contributed by atoms with E-state index < -0.39 is 30.0 Å². The Kier molecular flexibility index (Phi) is 5.34. The van der Waals surface area contributed by atoms with Gasteiger partial charge in [0.05, 0.1) is 23.2 Å². The van der Waals surface area contributed by atoms with E-state index in [-0.39, 0.29) is 17.9 Å². The monoisotopic (exact) mass is 506 g/mol. The van der Waals surface area contributed by atoms with Crippen LogP contribution in [0, 0.1) is 11.2 Å². The average molecular weight is 506 g/mol. The van der Waals surface area contributed by atoms with Crippen molar-refractivity contribution in [3.63, 3.8) is 0 Å². The summed E-state index contributed by atoms with van der Waals surface area (Å²) in [4.78, 5) is 33.9. The summed E-state index contributed by atoms with van der Waals surface area (Å²) in [6, 6.07) is 10.6. The number of fused-ring (bicyclic) bond motifs is 2. The Morgan fingerprint density at radius 1 is 1.08 bits per heavy atom. The van der Waals surface area contributed by atoms with E-state index >= 15 is 0 Å². The third kappa shape index (κ3) is 4.35. The van der Waals surface area contributed by atoms with Crippen molar-refractivity contribution in [1.82, 2.24) is 25.1 Å². The zero-order valence-corrected chi connectivity index (χ0v) is 19.5. The first kappa shape index (κ1) is 23.3. The summed E-state index contributed by atoms with van der Waals surface area (Å²) in [6.45, 7) is 1.36. The minimum atomic E-state index is -2.77. The number of carbonyl (C=O) groups is 1. The van der Waals surface area contributed by atoms with E-state index in [0.717, 1.165) is 17.3 Å². The second-order valence-corrected chi connectivity index (χ2v) is 9.83. The molecule has 1 fully saturated rings. The summed E-state index contributed by atoms with van der Waals surface area (Å²) in [5.41, 5.74) is 1.91. The topological polar surface area (TPSA) is 104 Å². The third-order valence-corrected chi connectivity index (χ3v) is 6.94. The molecular weight excluding hydrogens is 485 g/mol. The molecule has 3 heterocycles. The number of aldehydes is 1. The van der Waals surface area contributed by atoms with Crippen molar-refractivity contribution >= 4 is 28.6 Å². The normalized spacial score (nSPS) is 17.8. The maximum Gasteiger partial charge on any atom is 0.272 e. The van der Waals surface area contributed by atoms with Crippen LogP contribution < -0.4 is 10.9 Å². The molecule has 0 amide bonds. The highest BCUT2D eigenvalue weighted by Gasteiger charge is 2.57. The van der Waals surface area contributed by atoms with Crippen LogP contribution in [-0.4, -0.2) is 43.8 Å². The van der Waals surface area contributed by atoms with Gasteiger partial charge in [0.2, 0.25) is 5.92 Å². The number of hydrogen-bond acceptors (Lipinski definition) is 7. The second-order valence-electron chi connectivity index (χ2n) is 9.83. The molecule has 1 aliphatic heterocycles. The molecule has 0 radical (unpaired) electrons. The van der Waals surface area contributed by atoms with Gasteiger partial charge >= 0.3 is 0 Å². The average Bonchev–Trinajstić information content (AvgIpc) is 3.25. The molecule has 2 aliphatic rings. The summed E-state index contributed by atoms with van der Waals surface area (Å²) in [7, 11) is 0. The van der Waals surface area contributed by atoms with Crippen molar-refractivity contribution in [3.05, 3.63) is 76.1 Å². The number of aromatic nitrogens is 4. The lowest BCUT2D eigenvalue weighted by atomic mass is 9.67. The van der Waals surface area contributed by atoms with Gasteiger partial charge in [0.1, 0.15) is 6.29 Å². The Bertz CT molecular complexity index is 1600. The van der Waals surface area contributed by atoms with Crippen molar-refractivity contribution in [3.8, 4) is 11.4 Å². The zero-order chi connectivity index (χ0) is 25.8. The van der Waals surface area contributed by atoms with E-state index in [0.29, 0.717) is 47.2 Å². The number of aromatic amines is 1. The third-order valence-electron chi connectivity index (χ3n) is 6.94. The number of rotatable bonds is 6. The van der Waals surface area contributed by atoms with Gasteiger partial charge in [-0.15, -0.1) is 0 Å². The number of hydrogen-bond donors (Lipinski definition) is 2. The number of halogens is 3. The second kappa shape index (κ2) is 8.48. The number of alkyl halides is 2. The molecule has 188 valence electrons. The summed E-state index contributed by atoms with van der Waals surface area (Å²) in [5.74, 6) is -3.12. The Morgan fingerprint density at radius 3 is 2.68 bits per heavy atom. The number of H-pyrrole nitrogens is 1. The Hall–Kier alpha value is -4.12. The predicted octanol–water partition coefficient (Wildman–Crippen LogP) is 4.19. The molecule has 11 heteroatoms. The highest BCUT2D eigenvalue weighted by atomic mass is 19.3. The summed E-state index contributed by atoms with van der Waals surface area (Å²) in [5, 5.41) is 10.1. The predicted molar refractivity (Wildman–Crippen MR) is 130 cm³/mol. The first-order chi connectivity index (χ1) is 17.7. The maximum atomic E-state index is 14.6. The molecule has 8 nitrogen and oxygen atoms in total. The largest absolute Gasteiger partial charge is 0.338 e. The van der Waals surface area contributed by atoms with E-state index in [2.05, 4.69) is 25.5 Å². The van der Waals surface area contributed by atoms with Crippen LogP contribution in [0.3, 0.4) is 0 Å². The quantitative estimate of drug-likeness (QED) is 0.378. The first-order valence-electron chi connectivity index (χ1n) is 11.7. The summed E-state index contributed by atoms with van der Waals surface area (Å²) >= 11 is 0. The lowest BCUT2D eigenvalue weighted by Gasteiger charge is -2.45. The number of benzene rings is 2. The van der Waals surface area contributed by atoms with Crippen LogP contribution in [0.4, 0.5) is 24.7 Å². The number of nitrogens with one attached hydrogen (secondary N) is 2. The van der Waals surface area contributed by atoms with Gasteiger partial charge in [-0.2, -0.15) is 5.10 Å². The number of nitrogens with zero attached hydrogens (tertiary/aromatic N) is 4. The van der Waals surface area contributed by atoms with Gasteiger partial charge in [0.15, 0.2) is 17.5 Å². The molecule has 2 aromatic carbocycles. The first-order valence-corrected chi connectivity index (χ1v) is 11.7. The van der Waals surface area contributed by atoms with Crippen LogP contribution in [0.15, 0.2) is 53.6 Å². The van der Waals surface area contributed by atoms with Gasteiger partial charge in [-0.25, -0.2) is 28.2 Å². The molecule has 0 unspecified atom stereocenters. The maximum absolute atomic E-state index is 14.6. The van der Waals surface area contributed by atoms with Crippen LogP contribution in [0.5, 0.6) is 0 Å². The molecule has 37 heavy (non-hydrogen) atoms. The number of carbonyl (C=O) groups excluding carboxylic acids is 1. The minimum Gasteiger partial charge on any atom is -0.338 e. The molecule has 1 saturated carbocycles. The molecule has 2 N–H and O–H groups in total. The van der Waals surface area contributed by atoms with Gasteiger partial charge in [0.25, 0.3) is 5.56 Å². The van der Waals surface area contributed by atoms with Crippen molar-refractivity contribution < 1.29 is 18.0 Å². The Morgan fingerprint density at radius 2 is 1.89 bits per heavy atom. The summed E-state index contributed by atoms with van der Waals surface area (Å²) < 4.78 is 41.4. The van der Waals surface area contributed by atoms with Gasteiger partial charge < -0.3 is 10.1 Å². The SMILES string of the molecule is O=CC1(CN2Cc3ccc(-c4ncc(F)c(Nc5ccc6c(=O)[nH]ncc6c5)n4)cc3C2)CC(F)(F)C1. The molecule has 1 aliphatic carbocycles. The molecule has 0 saturated heterocycles. The fraction of sp³-hybridized carbons (Fsp3) is 0.269. The molecule has 2 aromatic heterocycles. The van der Waals surface area contributed by atoms with Crippen LogP contribution in [0.25, 0.3) is 22.2 Å². The standard InChI is InChI=1S/C26H21F3N6O2/c27-21-8-30-22(33-23(21)32-19-3-4-20-17(6-19)7-31-34-24(20)37)15-1-2-16-9-35(10-18(16)5-15)13-25(14-36)11-26(28,29)12-25/h1-8,14H,9-13H2,(H,34,37)(H,30,32,33). The molecule has 6 rings (SSSR count). The highest BCUT2D eigenvalue weighted by molar-refractivity contribution is 5.84. The van der Waals surface area contributed by atoms with E-state index in [4.69, 9.17) is 0 Å². The Labute approximate surface area is 208 Å². The van der Waals surface area contributed by atoms with Crippen LogP contribution >= 0.6 is 0 Å². The number of anilines is 2. The van der Waals surface area contributed by atoms with Crippen LogP contribution in [0.1, 0.15) is 24.0 Å². The molecule has 4 aromatic rings. The van der Waals surface area contributed by atoms with Gasteiger partial charge in [0, 0.05) is 49.1 Å². The molecular formula is C26H21F3N6O2. The fourth-order valence-corrected chi connectivity index (χ4v) is 5.28. The van der Waals surface area contributed by atoms with Gasteiger partial charge in [-0.1, -0.05) is 12.1 Å². The van der Waals surface area contributed by atoms with Crippen LogP contribution in [-0.2, 0) is 17.9 Å². The van der Waals surface area contributed by atoms with E-state index in [1.807, 2.05) is 23.1 Å². The highest BCUT2D eigenvalue weighted by Crippen LogP contribution is 2.51. The molecule has 0 atom stereocenters. The van der Waals surface area contributed by atoms with Gasteiger partial charge in [-0.3, -0.25) is 9.69 Å². The Balaban J connectivity index is 1.22. The lowest BCUT2D eigenvalue weighted by molar-refractivity contribution is -0.172. The summed E-state index contributed by atoms with van der Waals surface area (Å²) in [6.07, 6.45) is 2.44.